The molecule has 1 fully saturated rings. The lowest BCUT2D eigenvalue weighted by molar-refractivity contribution is -0.119. The first-order chi connectivity index (χ1) is 17.5. The molecule has 2 unspecified atom stereocenters. The van der Waals surface area contributed by atoms with Gasteiger partial charge in [0.25, 0.3) is 0 Å². The number of thiocarbonyl (C=S) groups is 1. The molecule has 2 aromatic carbocycles. The van der Waals surface area contributed by atoms with Crippen molar-refractivity contribution in [3.63, 3.8) is 0 Å². The summed E-state index contributed by atoms with van der Waals surface area (Å²) in [5.41, 5.74) is 3.29. The van der Waals surface area contributed by atoms with Crippen LogP contribution in [0.3, 0.4) is 0 Å². The lowest BCUT2D eigenvalue weighted by atomic mass is 10.0. The molecule has 2 aromatic heterocycles. The fourth-order valence-electron chi connectivity index (χ4n) is 4.24. The minimum atomic E-state index is -0.289. The third-order valence-corrected chi connectivity index (χ3v) is 6.42. The Morgan fingerprint density at radius 1 is 1.11 bits per heavy atom. The molecule has 4 aromatic rings. The van der Waals surface area contributed by atoms with Crippen LogP contribution in [0.5, 0.6) is 0 Å². The fraction of sp³-hybridized carbons (Fsp3) is 0.148. The standard InChI is InChI=1S/C27H23ClN4O3S/c1-34-16-24(33)30-19-9-11-20(12-10-19)32-26(25(31-27(32)36)21-4-2-3-15-29-21)23-14-13-22(35-23)17-5-7-18(28)8-6-17/h2-15,25-26H,16H2,1H3,(H,30,33)(H,31,36). The molecular formula is C27H23ClN4O3S. The number of hydrogen-bond donors (Lipinski definition) is 2. The lowest BCUT2D eigenvalue weighted by Gasteiger charge is -2.26. The summed E-state index contributed by atoms with van der Waals surface area (Å²) in [5.74, 6) is 1.25. The molecule has 1 aliphatic heterocycles. The number of rotatable bonds is 7. The number of carbonyl (C=O) groups excluding carboxylic acids is 1. The van der Waals surface area contributed by atoms with Crippen molar-refractivity contribution in [1.82, 2.24) is 10.3 Å². The quantitative estimate of drug-likeness (QED) is 0.301. The van der Waals surface area contributed by atoms with E-state index in [0.29, 0.717) is 15.8 Å². The van der Waals surface area contributed by atoms with Crippen molar-refractivity contribution in [2.75, 3.05) is 23.9 Å². The second-order valence-corrected chi connectivity index (χ2v) is 9.06. The number of halogens is 1. The Morgan fingerprint density at radius 3 is 2.58 bits per heavy atom. The Morgan fingerprint density at radius 2 is 1.89 bits per heavy atom. The Labute approximate surface area is 219 Å². The van der Waals surface area contributed by atoms with Crippen LogP contribution in [0.1, 0.15) is 23.5 Å². The topological polar surface area (TPSA) is 79.6 Å². The van der Waals surface area contributed by atoms with Gasteiger partial charge in [0.2, 0.25) is 5.91 Å². The second kappa shape index (κ2) is 10.5. The number of methoxy groups -OCH3 is 1. The van der Waals surface area contributed by atoms with Crippen LogP contribution >= 0.6 is 23.8 Å². The van der Waals surface area contributed by atoms with Crippen molar-refractivity contribution in [1.29, 1.82) is 0 Å². The minimum Gasteiger partial charge on any atom is -0.459 e. The maximum Gasteiger partial charge on any atom is 0.250 e. The minimum absolute atomic E-state index is 0.00976. The first-order valence-electron chi connectivity index (χ1n) is 11.3. The first-order valence-corrected chi connectivity index (χ1v) is 12.1. The average molecular weight is 519 g/mol. The summed E-state index contributed by atoms with van der Waals surface area (Å²) in [4.78, 5) is 18.5. The number of benzene rings is 2. The number of amides is 1. The molecule has 0 aliphatic carbocycles. The zero-order valence-corrected chi connectivity index (χ0v) is 20.9. The van der Waals surface area contributed by atoms with E-state index in [1.54, 1.807) is 6.20 Å². The van der Waals surface area contributed by atoms with Crippen molar-refractivity contribution in [2.45, 2.75) is 12.1 Å². The lowest BCUT2D eigenvalue weighted by Crippen LogP contribution is -2.29. The molecule has 2 atom stereocenters. The van der Waals surface area contributed by atoms with Gasteiger partial charge in [-0.2, -0.15) is 0 Å². The number of pyridine rings is 1. The number of aromatic nitrogens is 1. The number of hydrogen-bond acceptors (Lipinski definition) is 5. The highest BCUT2D eigenvalue weighted by Crippen LogP contribution is 2.43. The molecule has 0 spiro atoms. The van der Waals surface area contributed by atoms with Gasteiger partial charge in [-0.1, -0.05) is 17.7 Å². The molecule has 1 aliphatic rings. The van der Waals surface area contributed by atoms with E-state index in [1.807, 2.05) is 83.8 Å². The van der Waals surface area contributed by atoms with E-state index >= 15 is 0 Å². The van der Waals surface area contributed by atoms with Crippen LogP contribution in [-0.2, 0) is 9.53 Å². The van der Waals surface area contributed by atoms with E-state index in [4.69, 9.17) is 33.0 Å². The molecule has 36 heavy (non-hydrogen) atoms. The number of nitrogens with one attached hydrogen (secondary N) is 2. The molecule has 0 saturated carbocycles. The summed E-state index contributed by atoms with van der Waals surface area (Å²) in [6.45, 7) is -0.00976. The summed E-state index contributed by atoms with van der Waals surface area (Å²) in [6.07, 6.45) is 1.76. The SMILES string of the molecule is COCC(=O)Nc1ccc(N2C(=S)NC(c3ccccn3)C2c2ccc(-c3ccc(Cl)cc3)o2)cc1. The van der Waals surface area contributed by atoms with Crippen molar-refractivity contribution in [3.8, 4) is 11.3 Å². The summed E-state index contributed by atoms with van der Waals surface area (Å²) in [5, 5.41) is 7.44. The first kappa shape index (κ1) is 24.0. The van der Waals surface area contributed by atoms with E-state index < -0.39 is 0 Å². The summed E-state index contributed by atoms with van der Waals surface area (Å²) in [7, 11) is 1.48. The van der Waals surface area contributed by atoms with Crippen molar-refractivity contribution < 1.29 is 13.9 Å². The van der Waals surface area contributed by atoms with Crippen LogP contribution < -0.4 is 15.5 Å². The second-order valence-electron chi connectivity index (χ2n) is 8.23. The molecule has 7 nitrogen and oxygen atoms in total. The van der Waals surface area contributed by atoms with Gasteiger partial charge in [0, 0.05) is 35.3 Å². The van der Waals surface area contributed by atoms with E-state index in [0.717, 1.165) is 28.5 Å². The van der Waals surface area contributed by atoms with Gasteiger partial charge < -0.3 is 24.7 Å². The third-order valence-electron chi connectivity index (χ3n) is 5.85. The van der Waals surface area contributed by atoms with E-state index in [1.165, 1.54) is 7.11 Å². The van der Waals surface area contributed by atoms with Gasteiger partial charge in [-0.15, -0.1) is 0 Å². The van der Waals surface area contributed by atoms with Crippen LogP contribution in [0.15, 0.2) is 89.5 Å². The molecule has 0 bridgehead atoms. The monoisotopic (exact) mass is 518 g/mol. The van der Waals surface area contributed by atoms with E-state index in [-0.39, 0.29) is 24.6 Å². The maximum atomic E-state index is 11.9. The van der Waals surface area contributed by atoms with Gasteiger partial charge >= 0.3 is 0 Å². The van der Waals surface area contributed by atoms with Crippen molar-refractivity contribution in [3.05, 3.63) is 102 Å². The maximum absolute atomic E-state index is 11.9. The molecule has 3 heterocycles. The fourth-order valence-corrected chi connectivity index (χ4v) is 4.71. The van der Waals surface area contributed by atoms with Gasteiger partial charge in [-0.05, 0) is 85.0 Å². The molecule has 5 rings (SSSR count). The third kappa shape index (κ3) is 4.97. The molecule has 182 valence electrons. The summed E-state index contributed by atoms with van der Waals surface area (Å²) in [6, 6.07) is 24.2. The number of furan rings is 1. The van der Waals surface area contributed by atoms with Crippen molar-refractivity contribution in [2.24, 2.45) is 0 Å². The van der Waals surface area contributed by atoms with Crippen LogP contribution in [-0.4, -0.2) is 29.7 Å². The molecule has 9 heteroatoms. The van der Waals surface area contributed by atoms with Gasteiger partial charge in [0.05, 0.1) is 11.7 Å². The number of anilines is 2. The van der Waals surface area contributed by atoms with Crippen LogP contribution in [0.2, 0.25) is 5.02 Å². The number of ether oxygens (including phenoxy) is 1. The predicted octanol–water partition coefficient (Wildman–Crippen LogP) is 5.76. The number of nitrogens with zero attached hydrogens (tertiary/aromatic N) is 2. The molecule has 1 saturated heterocycles. The van der Waals surface area contributed by atoms with Crippen molar-refractivity contribution >= 4 is 46.2 Å². The Bertz CT molecular complexity index is 1360. The predicted molar refractivity (Wildman–Crippen MR) is 144 cm³/mol. The average Bonchev–Trinajstić information content (AvgIpc) is 3.50. The molecule has 2 N–H and O–H groups in total. The van der Waals surface area contributed by atoms with Crippen LogP contribution in [0, 0.1) is 0 Å². The Hall–Kier alpha value is -3.72. The zero-order valence-electron chi connectivity index (χ0n) is 19.4. The number of carbonyl (C=O) groups is 1. The molecular weight excluding hydrogens is 496 g/mol. The van der Waals surface area contributed by atoms with Gasteiger partial charge in [0.1, 0.15) is 24.2 Å². The summed E-state index contributed by atoms with van der Waals surface area (Å²) >= 11 is 11.8. The highest BCUT2D eigenvalue weighted by atomic mass is 35.5. The van der Waals surface area contributed by atoms with Crippen LogP contribution in [0.25, 0.3) is 11.3 Å². The van der Waals surface area contributed by atoms with Crippen LogP contribution in [0.4, 0.5) is 11.4 Å². The molecule has 0 radical (unpaired) electrons. The van der Waals surface area contributed by atoms with Gasteiger partial charge in [0.15, 0.2) is 5.11 Å². The zero-order chi connectivity index (χ0) is 25.1. The Balaban J connectivity index is 1.50. The van der Waals surface area contributed by atoms with E-state index in [2.05, 4.69) is 15.6 Å². The van der Waals surface area contributed by atoms with Gasteiger partial charge in [-0.3, -0.25) is 9.78 Å². The normalized spacial score (nSPS) is 17.2. The molecule has 1 amide bonds. The van der Waals surface area contributed by atoms with E-state index in [9.17, 15) is 4.79 Å². The largest absolute Gasteiger partial charge is 0.459 e. The summed E-state index contributed by atoms with van der Waals surface area (Å²) < 4.78 is 11.2. The highest BCUT2D eigenvalue weighted by molar-refractivity contribution is 7.80. The smallest absolute Gasteiger partial charge is 0.250 e. The highest BCUT2D eigenvalue weighted by Gasteiger charge is 2.42. The Kier molecular flexibility index (Phi) is 6.99. The van der Waals surface area contributed by atoms with Gasteiger partial charge in [-0.25, -0.2) is 0 Å².